The molecule has 40 heavy (non-hydrogen) atoms. The molecule has 0 radical (unpaired) electrons. The van der Waals surface area contributed by atoms with Gasteiger partial charge in [-0.15, -0.1) is 0 Å². The van der Waals surface area contributed by atoms with E-state index in [2.05, 4.69) is 11.9 Å². The van der Waals surface area contributed by atoms with Crippen molar-refractivity contribution in [1.82, 2.24) is 9.80 Å². The van der Waals surface area contributed by atoms with Crippen LogP contribution in [0.2, 0.25) is 0 Å². The molecular weight excluding hydrogens is 518 g/mol. The first-order valence-electron chi connectivity index (χ1n) is 13.9. The van der Waals surface area contributed by atoms with Gasteiger partial charge in [-0.05, 0) is 83.4 Å². The molecule has 0 aromatic heterocycles. The number of hydrogen-bond acceptors (Lipinski definition) is 10. The summed E-state index contributed by atoms with van der Waals surface area (Å²) < 4.78 is 0. The number of nitrogens with two attached hydrogens (primary N) is 1. The minimum absolute atomic E-state index is 0.0497. The number of nitrogens with zero attached hydrogens (tertiary/aromatic N) is 2. The van der Waals surface area contributed by atoms with Gasteiger partial charge in [-0.3, -0.25) is 14.4 Å². The van der Waals surface area contributed by atoms with Crippen molar-refractivity contribution in [2.24, 2.45) is 29.4 Å². The van der Waals surface area contributed by atoms with Gasteiger partial charge in [0.1, 0.15) is 17.4 Å². The van der Waals surface area contributed by atoms with E-state index in [1.54, 1.807) is 12.1 Å². The fraction of sp³-hybridized carbons (Fsp3) is 0.621. The van der Waals surface area contributed by atoms with Crippen LogP contribution in [-0.2, 0) is 27.2 Å². The molecule has 1 saturated heterocycles. The maximum absolute atomic E-state index is 14.0. The van der Waals surface area contributed by atoms with Gasteiger partial charge in [0.25, 0.3) is 0 Å². The number of aliphatic hydroxyl groups is 4. The molecule has 1 aromatic rings. The average Bonchev–Trinajstić information content (AvgIpc) is 2.89. The predicted octanol–water partition coefficient (Wildman–Crippen LogP) is -0.626. The van der Waals surface area contributed by atoms with E-state index in [-0.39, 0.29) is 23.3 Å². The smallest absolute Gasteiger partial charge is 0.230 e. The summed E-state index contributed by atoms with van der Waals surface area (Å²) in [4.78, 5) is 43.3. The van der Waals surface area contributed by atoms with Crippen LogP contribution in [0.5, 0.6) is 5.75 Å². The van der Waals surface area contributed by atoms with E-state index in [0.29, 0.717) is 23.5 Å². The van der Waals surface area contributed by atoms with Gasteiger partial charge in [-0.2, -0.15) is 0 Å². The second-order valence-electron chi connectivity index (χ2n) is 12.3. The minimum atomic E-state index is -2.91. The number of aromatic hydroxyl groups is 1. The van der Waals surface area contributed by atoms with Crippen molar-refractivity contribution < 1.29 is 39.9 Å². The number of phenols is 1. The highest BCUT2D eigenvalue weighted by Crippen LogP contribution is 2.52. The third-order valence-corrected chi connectivity index (χ3v) is 9.78. The lowest BCUT2D eigenvalue weighted by Gasteiger charge is -2.55. The Kier molecular flexibility index (Phi) is 7.33. The molecule has 4 aliphatic rings. The standard InChI is InChI=1S/C29H39N3O8/c1-31(2)21-20-23(34)16-12-15-7-6-14(5-4-13-8-10-32(3)11-9-13)22(33)17(15)24(35)18(16)26(37)29(20,40)27(38)19(25(21)36)28(30)39/h6-7,13,16,19-21,23,25,33-36,40H,4-5,8-12H2,1-3H3,(H2,30,39)/t16-,19?,20-,21+,23+,25?,29+/m0/s1. The van der Waals surface area contributed by atoms with Crippen LogP contribution >= 0.6 is 0 Å². The number of carbonyl (C=O) groups excluding carboxylic acids is 3. The first kappa shape index (κ1) is 28.7. The SMILES string of the molecule is CN1CCC(CCc2ccc3c(c2O)C(O)=C2C(=O)[C@@]4(O)C(=O)C(C(N)=O)C(O)[C@H](N(C)C)[C@H]4[C@H](O)[C@H]2C3)CC1. The van der Waals surface area contributed by atoms with Gasteiger partial charge >= 0.3 is 0 Å². The van der Waals surface area contributed by atoms with E-state index in [9.17, 15) is 39.9 Å². The summed E-state index contributed by atoms with van der Waals surface area (Å²) in [6.07, 6.45) is 0.404. The minimum Gasteiger partial charge on any atom is -0.507 e. The topological polar surface area (TPSA) is 185 Å². The molecule has 0 bridgehead atoms. The van der Waals surface area contributed by atoms with Crippen LogP contribution in [0.25, 0.3) is 5.76 Å². The van der Waals surface area contributed by atoms with E-state index in [0.717, 1.165) is 32.4 Å². The second kappa shape index (κ2) is 10.2. The number of benzene rings is 1. The first-order chi connectivity index (χ1) is 18.8. The lowest BCUT2D eigenvalue weighted by Crippen LogP contribution is -2.76. The van der Waals surface area contributed by atoms with Crippen molar-refractivity contribution in [3.63, 3.8) is 0 Å². The van der Waals surface area contributed by atoms with Gasteiger partial charge in [0.2, 0.25) is 11.7 Å². The summed E-state index contributed by atoms with van der Waals surface area (Å²) in [5.74, 6) is -8.31. The van der Waals surface area contributed by atoms with Crippen LogP contribution in [0.1, 0.15) is 36.0 Å². The van der Waals surface area contributed by atoms with Crippen molar-refractivity contribution >= 4 is 23.2 Å². The zero-order valence-electron chi connectivity index (χ0n) is 23.1. The van der Waals surface area contributed by atoms with Crippen molar-refractivity contribution in [2.75, 3.05) is 34.2 Å². The molecule has 2 saturated carbocycles. The van der Waals surface area contributed by atoms with Crippen molar-refractivity contribution in [3.05, 3.63) is 34.4 Å². The molecule has 11 nitrogen and oxygen atoms in total. The summed E-state index contributed by atoms with van der Waals surface area (Å²) in [6, 6.07) is 2.39. The highest BCUT2D eigenvalue weighted by Gasteiger charge is 2.70. The van der Waals surface area contributed by atoms with E-state index >= 15 is 0 Å². The number of carbonyl (C=O) groups is 3. The molecule has 7 atom stereocenters. The molecule has 1 amide bonds. The van der Waals surface area contributed by atoms with Gasteiger partial charge in [-0.25, -0.2) is 0 Å². The van der Waals surface area contributed by atoms with Crippen LogP contribution in [0, 0.1) is 23.7 Å². The van der Waals surface area contributed by atoms with E-state index in [1.165, 1.54) is 19.0 Å². The Morgan fingerprint density at radius 2 is 1.77 bits per heavy atom. The largest absolute Gasteiger partial charge is 0.507 e. The monoisotopic (exact) mass is 557 g/mol. The third kappa shape index (κ3) is 4.18. The molecule has 3 aliphatic carbocycles. The van der Waals surface area contributed by atoms with Crippen LogP contribution in [0.15, 0.2) is 17.7 Å². The number of primary amides is 1. The molecule has 2 unspecified atom stereocenters. The highest BCUT2D eigenvalue weighted by atomic mass is 16.3. The maximum atomic E-state index is 14.0. The number of aryl methyl sites for hydroxylation is 1. The fourth-order valence-corrected chi connectivity index (χ4v) is 7.54. The summed E-state index contributed by atoms with van der Waals surface area (Å²) >= 11 is 0. The van der Waals surface area contributed by atoms with E-state index in [1.807, 2.05) is 0 Å². The molecule has 1 aliphatic heterocycles. The van der Waals surface area contributed by atoms with Gasteiger partial charge < -0.3 is 41.1 Å². The summed E-state index contributed by atoms with van der Waals surface area (Å²) in [5, 5.41) is 56.8. The molecule has 0 spiro atoms. The Morgan fingerprint density at radius 3 is 2.38 bits per heavy atom. The lowest BCUT2D eigenvalue weighted by molar-refractivity contribution is -0.198. The highest BCUT2D eigenvalue weighted by molar-refractivity contribution is 6.25. The Hall–Kier alpha value is -2.83. The van der Waals surface area contributed by atoms with Crippen molar-refractivity contribution in [1.29, 1.82) is 0 Å². The van der Waals surface area contributed by atoms with Crippen LogP contribution in [-0.4, -0.2) is 111 Å². The molecule has 11 heteroatoms. The molecule has 7 N–H and O–H groups in total. The average molecular weight is 558 g/mol. The number of piperidine rings is 1. The summed E-state index contributed by atoms with van der Waals surface area (Å²) in [6.45, 7) is 2.04. The lowest BCUT2D eigenvalue weighted by atomic mass is 9.53. The van der Waals surface area contributed by atoms with Crippen LogP contribution < -0.4 is 5.73 Å². The Morgan fingerprint density at radius 1 is 1.12 bits per heavy atom. The van der Waals surface area contributed by atoms with E-state index < -0.39 is 64.8 Å². The Bertz CT molecular complexity index is 1270. The molecule has 3 fully saturated rings. The number of ketones is 2. The number of likely N-dealkylation sites (N-methyl/N-ethyl adjacent to an activating group) is 1. The fourth-order valence-electron chi connectivity index (χ4n) is 7.54. The zero-order chi connectivity index (χ0) is 29.3. The van der Waals surface area contributed by atoms with Gasteiger partial charge in [0, 0.05) is 23.5 Å². The number of hydrogen-bond donors (Lipinski definition) is 6. The number of amides is 1. The molecule has 1 heterocycles. The summed E-state index contributed by atoms with van der Waals surface area (Å²) in [5.41, 5.74) is 3.30. The van der Waals surface area contributed by atoms with Gasteiger partial charge in [0.15, 0.2) is 11.4 Å². The predicted molar refractivity (Wildman–Crippen MR) is 144 cm³/mol. The zero-order valence-corrected chi connectivity index (χ0v) is 23.1. The number of rotatable bonds is 5. The summed E-state index contributed by atoms with van der Waals surface area (Å²) in [7, 11) is 5.15. The van der Waals surface area contributed by atoms with Crippen LogP contribution in [0.4, 0.5) is 0 Å². The number of aliphatic hydroxyl groups excluding tert-OH is 3. The van der Waals surface area contributed by atoms with Gasteiger partial charge in [0.05, 0.1) is 17.8 Å². The molecule has 218 valence electrons. The quantitative estimate of drug-likeness (QED) is 0.255. The molecule has 1 aromatic carbocycles. The van der Waals surface area contributed by atoms with Crippen LogP contribution in [0.3, 0.4) is 0 Å². The Balaban J connectivity index is 1.55. The maximum Gasteiger partial charge on any atom is 0.230 e. The number of phenolic OH excluding ortho intramolecular Hbond substituents is 1. The number of Topliss-reactive ketones (excluding diaryl/α,β-unsaturated/α-hetero) is 2. The van der Waals surface area contributed by atoms with Gasteiger partial charge in [-0.1, -0.05) is 12.1 Å². The van der Waals surface area contributed by atoms with Crippen molar-refractivity contribution in [3.8, 4) is 5.75 Å². The number of likely N-dealkylation sites (tertiary alicyclic amines) is 1. The first-order valence-corrected chi connectivity index (χ1v) is 13.9. The third-order valence-electron chi connectivity index (χ3n) is 9.78. The normalized spacial score (nSPS) is 35.0. The molecular formula is C29H39N3O8. The Labute approximate surface area is 232 Å². The molecule has 5 rings (SSSR count). The van der Waals surface area contributed by atoms with Crippen molar-refractivity contribution in [2.45, 2.75) is 56.0 Å². The second-order valence-corrected chi connectivity index (χ2v) is 12.3. The number of fused-ring (bicyclic) bond motifs is 3. The van der Waals surface area contributed by atoms with E-state index in [4.69, 9.17) is 5.73 Å².